The Morgan fingerprint density at radius 3 is 2.53 bits per heavy atom. The molecule has 4 aliphatic heterocycles. The van der Waals surface area contributed by atoms with Gasteiger partial charge < -0.3 is 25.1 Å². The topological polar surface area (TPSA) is 96.2 Å². The minimum atomic E-state index is -0.284. The average molecular weight is 579 g/mol. The molecule has 0 unspecified atom stereocenters. The van der Waals surface area contributed by atoms with E-state index in [-0.39, 0.29) is 17.4 Å². The van der Waals surface area contributed by atoms with Crippen molar-refractivity contribution in [2.24, 2.45) is 5.92 Å². The minimum Gasteiger partial charge on any atom is -0.379 e. The number of hydrogen-bond donors (Lipinski definition) is 3. The van der Waals surface area contributed by atoms with Crippen molar-refractivity contribution in [1.82, 2.24) is 29.7 Å². The van der Waals surface area contributed by atoms with Crippen molar-refractivity contribution in [2.75, 3.05) is 56.0 Å². The molecule has 9 nitrogen and oxygen atoms in total. The molecule has 4 saturated heterocycles. The zero-order valence-corrected chi connectivity index (χ0v) is 24.0. The van der Waals surface area contributed by atoms with Gasteiger partial charge in [0.15, 0.2) is 0 Å². The van der Waals surface area contributed by atoms with E-state index in [1.54, 1.807) is 12.3 Å². The van der Waals surface area contributed by atoms with Crippen LogP contribution >= 0.6 is 0 Å². The third-order valence-corrected chi connectivity index (χ3v) is 9.54. The van der Waals surface area contributed by atoms with Gasteiger partial charge in [-0.25, -0.2) is 9.37 Å². The van der Waals surface area contributed by atoms with E-state index in [1.165, 1.54) is 5.56 Å². The first-order valence-corrected chi connectivity index (χ1v) is 15.3. The van der Waals surface area contributed by atoms with Crippen LogP contribution in [0.1, 0.15) is 18.4 Å². The van der Waals surface area contributed by atoms with Crippen LogP contribution in [0.3, 0.4) is 0 Å². The molecule has 2 aromatic carbocycles. The van der Waals surface area contributed by atoms with E-state index in [1.807, 2.05) is 42.6 Å². The second-order valence-corrected chi connectivity index (χ2v) is 12.2. The van der Waals surface area contributed by atoms with Gasteiger partial charge in [0.25, 0.3) is 5.56 Å². The van der Waals surface area contributed by atoms with Gasteiger partial charge in [0.2, 0.25) is 0 Å². The molecule has 3 aromatic heterocycles. The monoisotopic (exact) mass is 578 g/mol. The SMILES string of the molecule is O=c1[nH]c2cc(N3CCN(Cc4cccnc4)CC3)c(F)cc2c(N[C@H]2CN3CCC2CC3)c1-c1nc2ccccc2[nH]1. The molecule has 9 rings (SSSR count). The second kappa shape index (κ2) is 10.8. The fraction of sp³-hybridized carbons (Fsp3) is 0.364. The maximum atomic E-state index is 16.0. The molecule has 5 aromatic rings. The second-order valence-electron chi connectivity index (χ2n) is 12.2. The number of halogens is 1. The number of pyridine rings is 2. The fourth-order valence-electron chi connectivity index (χ4n) is 7.21. The van der Waals surface area contributed by atoms with E-state index in [9.17, 15) is 4.79 Å². The number of nitrogens with one attached hydrogen (secondary N) is 3. The molecule has 0 spiro atoms. The number of anilines is 2. The van der Waals surface area contributed by atoms with E-state index in [0.717, 1.165) is 63.1 Å². The van der Waals surface area contributed by atoms with Crippen LogP contribution in [-0.4, -0.2) is 81.6 Å². The minimum absolute atomic E-state index is 0.186. The largest absolute Gasteiger partial charge is 0.379 e. The Kier molecular flexibility index (Phi) is 6.60. The lowest BCUT2D eigenvalue weighted by atomic mass is 9.83. The number of piperazine rings is 1. The van der Waals surface area contributed by atoms with Gasteiger partial charge in [-0.15, -0.1) is 0 Å². The molecule has 0 radical (unpaired) electrons. The van der Waals surface area contributed by atoms with E-state index in [4.69, 9.17) is 4.98 Å². The number of aromatic nitrogens is 4. The highest BCUT2D eigenvalue weighted by Gasteiger charge is 2.35. The van der Waals surface area contributed by atoms with Crippen molar-refractivity contribution < 1.29 is 4.39 Å². The zero-order chi connectivity index (χ0) is 28.9. The average Bonchev–Trinajstić information content (AvgIpc) is 3.46. The van der Waals surface area contributed by atoms with Gasteiger partial charge in [-0.05, 0) is 67.7 Å². The maximum absolute atomic E-state index is 16.0. The summed E-state index contributed by atoms with van der Waals surface area (Å²) >= 11 is 0. The normalized spacial score (nSPS) is 22.4. The first-order valence-electron chi connectivity index (χ1n) is 15.3. The fourth-order valence-corrected chi connectivity index (χ4v) is 7.21. The highest BCUT2D eigenvalue weighted by molar-refractivity contribution is 6.00. The summed E-state index contributed by atoms with van der Waals surface area (Å²) in [6, 6.07) is 15.4. The number of fused-ring (bicyclic) bond motifs is 5. The molecule has 0 aliphatic carbocycles. The van der Waals surface area contributed by atoms with Crippen LogP contribution in [0, 0.1) is 11.7 Å². The lowest BCUT2D eigenvalue weighted by Gasteiger charge is -2.45. The summed E-state index contributed by atoms with van der Waals surface area (Å²) in [5, 5.41) is 4.42. The standard InChI is InChI=1S/C33H35FN8O/c34-24-16-23-27(17-29(24)42-14-12-41(13-15-42)19-21-4-3-9-35-18-21)39-33(43)30(32-37-25-5-1-2-6-26(25)38-32)31(23)36-28-20-40-10-7-22(28)8-11-40/h1-6,9,16-18,22,28H,7-8,10-15,19-20H2,(H,37,38)(H2,36,39,43)/t28-/m0/s1. The third kappa shape index (κ3) is 4.94. The molecular formula is C33H35FN8O. The molecule has 3 N–H and O–H groups in total. The number of aromatic amines is 2. The number of benzene rings is 2. The lowest BCUT2D eigenvalue weighted by Crippen LogP contribution is -2.53. The van der Waals surface area contributed by atoms with E-state index in [0.29, 0.717) is 52.7 Å². The van der Waals surface area contributed by atoms with Gasteiger partial charge >= 0.3 is 0 Å². The molecule has 4 aliphatic rings. The van der Waals surface area contributed by atoms with Crippen molar-refractivity contribution >= 4 is 33.3 Å². The van der Waals surface area contributed by atoms with Crippen molar-refractivity contribution in [3.63, 3.8) is 0 Å². The van der Waals surface area contributed by atoms with Crippen LogP contribution in [-0.2, 0) is 6.54 Å². The Hall–Kier alpha value is -4.28. The molecule has 10 heteroatoms. The molecule has 43 heavy (non-hydrogen) atoms. The number of H-pyrrole nitrogens is 2. The van der Waals surface area contributed by atoms with Crippen molar-refractivity contribution in [3.05, 3.63) is 82.7 Å². The van der Waals surface area contributed by atoms with E-state index >= 15 is 4.39 Å². The molecule has 2 bridgehead atoms. The van der Waals surface area contributed by atoms with Crippen LogP contribution in [0.25, 0.3) is 33.3 Å². The van der Waals surface area contributed by atoms with Gasteiger partial charge in [0.1, 0.15) is 17.2 Å². The predicted octanol–water partition coefficient (Wildman–Crippen LogP) is 4.43. The van der Waals surface area contributed by atoms with Gasteiger partial charge in [0, 0.05) is 63.1 Å². The smallest absolute Gasteiger partial charge is 0.261 e. The van der Waals surface area contributed by atoms with Crippen molar-refractivity contribution in [2.45, 2.75) is 25.4 Å². The van der Waals surface area contributed by atoms with Gasteiger partial charge in [-0.3, -0.25) is 14.7 Å². The molecule has 0 amide bonds. The number of nitrogens with zero attached hydrogens (tertiary/aromatic N) is 5. The van der Waals surface area contributed by atoms with Crippen molar-refractivity contribution in [3.8, 4) is 11.4 Å². The molecule has 7 heterocycles. The summed E-state index contributed by atoms with van der Waals surface area (Å²) < 4.78 is 16.0. The van der Waals surface area contributed by atoms with Gasteiger partial charge in [-0.2, -0.15) is 0 Å². The first kappa shape index (κ1) is 26.4. The number of piperidine rings is 3. The summed E-state index contributed by atoms with van der Waals surface area (Å²) in [6.07, 6.45) is 5.94. The third-order valence-electron chi connectivity index (χ3n) is 9.54. The predicted molar refractivity (Wildman–Crippen MR) is 168 cm³/mol. The number of hydrogen-bond acceptors (Lipinski definition) is 7. The quantitative estimate of drug-likeness (QED) is 0.274. The Morgan fingerprint density at radius 1 is 0.953 bits per heavy atom. The first-order chi connectivity index (χ1) is 21.1. The molecular weight excluding hydrogens is 543 g/mol. The molecule has 220 valence electrons. The molecule has 0 saturated carbocycles. The van der Waals surface area contributed by atoms with E-state index in [2.05, 4.69) is 41.0 Å². The highest BCUT2D eigenvalue weighted by atomic mass is 19.1. The zero-order valence-electron chi connectivity index (χ0n) is 24.0. The van der Waals surface area contributed by atoms with Crippen LogP contribution in [0.5, 0.6) is 0 Å². The number of para-hydroxylation sites is 2. The molecule has 1 atom stereocenters. The Balaban J connectivity index is 1.16. The van der Waals surface area contributed by atoms with Crippen LogP contribution < -0.4 is 15.8 Å². The highest BCUT2D eigenvalue weighted by Crippen LogP contribution is 2.37. The van der Waals surface area contributed by atoms with Gasteiger partial charge in [-0.1, -0.05) is 18.2 Å². The van der Waals surface area contributed by atoms with E-state index < -0.39 is 0 Å². The van der Waals surface area contributed by atoms with Crippen LogP contribution in [0.2, 0.25) is 0 Å². The van der Waals surface area contributed by atoms with Crippen LogP contribution in [0.15, 0.2) is 65.7 Å². The lowest BCUT2D eigenvalue weighted by molar-refractivity contribution is 0.0976. The van der Waals surface area contributed by atoms with Crippen LogP contribution in [0.4, 0.5) is 15.8 Å². The summed E-state index contributed by atoms with van der Waals surface area (Å²) in [7, 11) is 0. The van der Waals surface area contributed by atoms with Gasteiger partial charge in [0.05, 0.1) is 27.9 Å². The van der Waals surface area contributed by atoms with Crippen molar-refractivity contribution in [1.29, 1.82) is 0 Å². The number of rotatable bonds is 6. The summed E-state index contributed by atoms with van der Waals surface area (Å²) in [6.45, 7) is 7.02. The molecule has 4 fully saturated rings. The Bertz CT molecular complexity index is 1800. The summed E-state index contributed by atoms with van der Waals surface area (Å²) in [4.78, 5) is 36.2. The summed E-state index contributed by atoms with van der Waals surface area (Å²) in [5.74, 6) is 0.727. The Labute approximate surface area is 248 Å². The Morgan fingerprint density at radius 2 is 1.79 bits per heavy atom. The maximum Gasteiger partial charge on any atom is 0.261 e. The summed E-state index contributed by atoms with van der Waals surface area (Å²) in [5.41, 5.74) is 4.81. The number of imidazole rings is 1.